The van der Waals surface area contributed by atoms with Crippen LogP contribution in [0.1, 0.15) is 40.5 Å². The average molecular weight is 332 g/mol. The summed E-state index contributed by atoms with van der Waals surface area (Å²) in [4.78, 5) is 25.3. The number of piperidine rings is 1. The first-order valence-electron chi connectivity index (χ1n) is 7.39. The van der Waals surface area contributed by atoms with E-state index in [-0.39, 0.29) is 13.2 Å². The second-order valence-electron chi connectivity index (χ2n) is 6.49. The quantitative estimate of drug-likeness (QED) is 0.742. The Hall–Kier alpha value is -1.91. The molecular formula is C15H22F2N2O4. The van der Waals surface area contributed by atoms with Gasteiger partial charge in [-0.25, -0.2) is 13.6 Å². The molecule has 0 saturated carbocycles. The number of hydrogen-bond donors (Lipinski definition) is 0. The second kappa shape index (κ2) is 6.69. The van der Waals surface area contributed by atoms with Crippen molar-refractivity contribution in [3.63, 3.8) is 0 Å². The van der Waals surface area contributed by atoms with Crippen LogP contribution in [0.5, 0.6) is 0 Å². The summed E-state index contributed by atoms with van der Waals surface area (Å²) in [6, 6.07) is 1.62. The summed E-state index contributed by atoms with van der Waals surface area (Å²) < 4.78 is 38.8. The van der Waals surface area contributed by atoms with Crippen LogP contribution in [0, 0.1) is 16.7 Å². The molecule has 130 valence electrons. The van der Waals surface area contributed by atoms with Crippen molar-refractivity contribution in [2.45, 2.75) is 52.1 Å². The van der Waals surface area contributed by atoms with Crippen molar-refractivity contribution in [1.82, 2.24) is 4.90 Å². The van der Waals surface area contributed by atoms with E-state index < -0.39 is 48.4 Å². The number of nitrogens with zero attached hydrogens (tertiary/aromatic N) is 2. The minimum atomic E-state index is -3.44. The smallest absolute Gasteiger partial charge is 0.410 e. The van der Waals surface area contributed by atoms with E-state index >= 15 is 0 Å². The topological polar surface area (TPSA) is 79.6 Å². The van der Waals surface area contributed by atoms with Crippen LogP contribution < -0.4 is 0 Å². The maximum atomic E-state index is 14.4. The van der Waals surface area contributed by atoms with Crippen LogP contribution in [0.3, 0.4) is 0 Å². The number of alkyl halides is 2. The van der Waals surface area contributed by atoms with Gasteiger partial charge in [0.2, 0.25) is 0 Å². The first kappa shape index (κ1) is 19.1. The van der Waals surface area contributed by atoms with Gasteiger partial charge in [0.1, 0.15) is 5.60 Å². The predicted molar refractivity (Wildman–Crippen MR) is 76.7 cm³/mol. The van der Waals surface area contributed by atoms with E-state index in [9.17, 15) is 18.4 Å². The summed E-state index contributed by atoms with van der Waals surface area (Å²) in [5.74, 6) is -4.60. The Morgan fingerprint density at radius 1 is 1.35 bits per heavy atom. The highest BCUT2D eigenvalue weighted by Crippen LogP contribution is 2.47. The third-order valence-electron chi connectivity index (χ3n) is 3.56. The Kier molecular flexibility index (Phi) is 5.56. The Bertz CT molecular complexity index is 511. The molecule has 0 aromatic carbocycles. The largest absolute Gasteiger partial charge is 0.465 e. The predicted octanol–water partition coefficient (Wildman–Crippen LogP) is 2.73. The van der Waals surface area contributed by atoms with Gasteiger partial charge in [-0.3, -0.25) is 4.79 Å². The molecule has 1 aliphatic rings. The number of carbonyl (C=O) groups excluding carboxylic acids is 2. The molecule has 1 fully saturated rings. The molecule has 0 spiro atoms. The van der Waals surface area contributed by atoms with Crippen molar-refractivity contribution in [2.24, 2.45) is 5.41 Å². The van der Waals surface area contributed by atoms with Crippen LogP contribution in [0.2, 0.25) is 0 Å². The lowest BCUT2D eigenvalue weighted by atomic mass is 9.74. The molecule has 0 bridgehead atoms. The van der Waals surface area contributed by atoms with Gasteiger partial charge in [0.05, 0.1) is 19.1 Å². The molecule has 6 nitrogen and oxygen atoms in total. The van der Waals surface area contributed by atoms with E-state index in [1.54, 1.807) is 26.8 Å². The van der Waals surface area contributed by atoms with Gasteiger partial charge in [-0.05, 0) is 27.7 Å². The van der Waals surface area contributed by atoms with Crippen molar-refractivity contribution < 1.29 is 27.8 Å². The number of rotatable bonds is 3. The van der Waals surface area contributed by atoms with E-state index in [4.69, 9.17) is 14.7 Å². The van der Waals surface area contributed by atoms with Crippen LogP contribution in [0.15, 0.2) is 0 Å². The summed E-state index contributed by atoms with van der Waals surface area (Å²) >= 11 is 0. The summed E-state index contributed by atoms with van der Waals surface area (Å²) in [6.45, 7) is 5.49. The molecule has 23 heavy (non-hydrogen) atoms. The number of nitriles is 1. The van der Waals surface area contributed by atoms with Crippen LogP contribution >= 0.6 is 0 Å². The number of ether oxygens (including phenoxy) is 2. The first-order chi connectivity index (χ1) is 10.5. The van der Waals surface area contributed by atoms with Gasteiger partial charge in [0.25, 0.3) is 5.92 Å². The highest BCUT2D eigenvalue weighted by atomic mass is 19.3. The lowest BCUT2D eigenvalue weighted by Crippen LogP contribution is -2.61. The van der Waals surface area contributed by atoms with Gasteiger partial charge < -0.3 is 14.4 Å². The van der Waals surface area contributed by atoms with Crippen molar-refractivity contribution >= 4 is 12.1 Å². The fraction of sp³-hybridized carbons (Fsp3) is 0.800. The molecule has 1 rings (SSSR count). The van der Waals surface area contributed by atoms with Crippen LogP contribution in [-0.4, -0.2) is 48.2 Å². The third kappa shape index (κ3) is 4.09. The molecule has 0 aromatic rings. The molecule has 1 aliphatic heterocycles. The number of halogens is 2. The number of likely N-dealkylation sites (tertiary alicyclic amines) is 1. The van der Waals surface area contributed by atoms with E-state index in [0.29, 0.717) is 0 Å². The van der Waals surface area contributed by atoms with Crippen molar-refractivity contribution in [3.05, 3.63) is 0 Å². The van der Waals surface area contributed by atoms with Gasteiger partial charge in [-0.1, -0.05) is 0 Å². The zero-order valence-electron chi connectivity index (χ0n) is 13.8. The molecule has 0 radical (unpaired) electrons. The Labute approximate surface area is 134 Å². The summed E-state index contributed by atoms with van der Waals surface area (Å²) in [6.07, 6.45) is -2.26. The van der Waals surface area contributed by atoms with Gasteiger partial charge in [0, 0.05) is 19.5 Å². The van der Waals surface area contributed by atoms with E-state index in [1.165, 1.54) is 6.92 Å². The summed E-state index contributed by atoms with van der Waals surface area (Å²) in [7, 11) is 0. The molecule has 1 amide bonds. The third-order valence-corrected chi connectivity index (χ3v) is 3.56. The van der Waals surface area contributed by atoms with Gasteiger partial charge >= 0.3 is 12.1 Å². The molecule has 0 N–H and O–H groups in total. The maximum absolute atomic E-state index is 14.4. The van der Waals surface area contributed by atoms with Crippen LogP contribution in [0.4, 0.5) is 13.6 Å². The molecule has 0 aliphatic carbocycles. The molecule has 1 heterocycles. The minimum absolute atomic E-state index is 0.0888. The normalized spacial score (nSPS) is 23.8. The lowest BCUT2D eigenvalue weighted by molar-refractivity contribution is -0.199. The van der Waals surface area contributed by atoms with Gasteiger partial charge in [-0.15, -0.1) is 0 Å². The number of amides is 1. The second-order valence-corrected chi connectivity index (χ2v) is 6.49. The maximum Gasteiger partial charge on any atom is 0.410 e. The lowest BCUT2D eigenvalue weighted by Gasteiger charge is -2.44. The van der Waals surface area contributed by atoms with Crippen LogP contribution in [-0.2, 0) is 14.3 Å². The summed E-state index contributed by atoms with van der Waals surface area (Å²) in [5.41, 5.74) is -3.16. The van der Waals surface area contributed by atoms with Crippen molar-refractivity contribution in [3.8, 4) is 6.07 Å². The molecule has 1 unspecified atom stereocenters. The number of hydrogen-bond acceptors (Lipinski definition) is 5. The fourth-order valence-corrected chi connectivity index (χ4v) is 2.39. The van der Waals surface area contributed by atoms with Gasteiger partial charge in [-0.2, -0.15) is 5.26 Å². The average Bonchev–Trinajstić information content (AvgIpc) is 2.39. The number of esters is 1. The highest BCUT2D eigenvalue weighted by Gasteiger charge is 2.63. The fourth-order valence-electron chi connectivity index (χ4n) is 2.39. The molecule has 1 saturated heterocycles. The number of carbonyl (C=O) groups is 2. The molecule has 1 atom stereocenters. The van der Waals surface area contributed by atoms with E-state index in [1.807, 2.05) is 0 Å². The Morgan fingerprint density at radius 3 is 2.43 bits per heavy atom. The van der Waals surface area contributed by atoms with E-state index in [0.717, 1.165) is 4.90 Å². The Morgan fingerprint density at radius 2 is 1.96 bits per heavy atom. The summed E-state index contributed by atoms with van der Waals surface area (Å²) in [5, 5.41) is 8.92. The van der Waals surface area contributed by atoms with Gasteiger partial charge in [0.15, 0.2) is 5.41 Å². The van der Waals surface area contributed by atoms with Crippen LogP contribution in [0.25, 0.3) is 0 Å². The standard InChI is InChI=1S/C15H22F2N2O4/c1-5-22-11(20)14(6-8-18)10-19(9-7-15(14,16)17)12(21)23-13(2,3)4/h5-7,9-10H2,1-4H3. The minimum Gasteiger partial charge on any atom is -0.465 e. The first-order valence-corrected chi connectivity index (χ1v) is 7.39. The highest BCUT2D eigenvalue weighted by molar-refractivity contribution is 5.80. The van der Waals surface area contributed by atoms with E-state index in [2.05, 4.69) is 0 Å². The molecule has 8 heteroatoms. The zero-order chi connectivity index (χ0) is 17.9. The van der Waals surface area contributed by atoms with Crippen molar-refractivity contribution in [1.29, 1.82) is 5.26 Å². The monoisotopic (exact) mass is 332 g/mol. The zero-order valence-corrected chi connectivity index (χ0v) is 13.8. The SMILES string of the molecule is CCOC(=O)C1(CC#N)CN(C(=O)OC(C)(C)C)CCC1(F)F. The Balaban J connectivity index is 3.12. The molecular weight excluding hydrogens is 310 g/mol. The van der Waals surface area contributed by atoms with Crippen molar-refractivity contribution in [2.75, 3.05) is 19.7 Å². The molecule has 0 aromatic heterocycles.